The number of nitrogens with two attached hydrogens (primary N) is 1. The van der Waals surface area contributed by atoms with E-state index in [9.17, 15) is 14.4 Å². The molecule has 3 N–H and O–H groups in total. The second kappa shape index (κ2) is 5.58. The van der Waals surface area contributed by atoms with Gasteiger partial charge in [-0.3, -0.25) is 9.59 Å². The molecule has 1 atom stereocenters. The van der Waals surface area contributed by atoms with Gasteiger partial charge in [-0.15, -0.1) is 0 Å². The molecule has 1 unspecified atom stereocenters. The molecule has 0 spiro atoms. The molecule has 8 heteroatoms. The molecule has 0 saturated carbocycles. The molecule has 7 nitrogen and oxygen atoms in total. The van der Waals surface area contributed by atoms with Gasteiger partial charge < -0.3 is 15.8 Å². The van der Waals surface area contributed by atoms with Crippen LogP contribution in [-0.4, -0.2) is 35.8 Å². The van der Waals surface area contributed by atoms with Gasteiger partial charge in [0.1, 0.15) is 10.9 Å². The lowest BCUT2D eigenvalue weighted by molar-refractivity contribution is -0.118. The van der Waals surface area contributed by atoms with Crippen LogP contribution in [-0.2, 0) is 9.53 Å². The number of esters is 1. The molecule has 1 rings (SSSR count). The molecule has 1 heterocycles. The largest absolute Gasteiger partial charge is 0.464 e. The lowest BCUT2D eigenvalue weighted by Gasteiger charge is -2.07. The van der Waals surface area contributed by atoms with Crippen molar-refractivity contribution >= 4 is 34.1 Å². The van der Waals surface area contributed by atoms with E-state index in [-0.39, 0.29) is 21.5 Å². The van der Waals surface area contributed by atoms with Crippen molar-refractivity contribution in [3.05, 3.63) is 10.6 Å². The molecule has 1 aromatic rings. The number of ketones is 1. The Morgan fingerprint density at radius 3 is 2.50 bits per heavy atom. The highest BCUT2D eigenvalue weighted by atomic mass is 32.1. The number of amides is 1. The minimum Gasteiger partial charge on any atom is -0.464 e. The molecule has 0 saturated heterocycles. The maximum absolute atomic E-state index is 11.4. The van der Waals surface area contributed by atoms with Gasteiger partial charge in [-0.1, -0.05) is 11.3 Å². The fourth-order valence-electron chi connectivity index (χ4n) is 1.11. The highest BCUT2D eigenvalue weighted by Crippen LogP contribution is 2.24. The van der Waals surface area contributed by atoms with E-state index in [1.165, 1.54) is 14.0 Å². The van der Waals surface area contributed by atoms with Gasteiger partial charge >= 0.3 is 5.97 Å². The molecule has 1 amide bonds. The van der Waals surface area contributed by atoms with Crippen molar-refractivity contribution in [3.8, 4) is 0 Å². The molecule has 0 aliphatic heterocycles. The van der Waals surface area contributed by atoms with Gasteiger partial charge in [-0.05, 0) is 6.92 Å². The fourth-order valence-corrected chi connectivity index (χ4v) is 2.05. The lowest BCUT2D eigenvalue weighted by Crippen LogP contribution is -2.32. The number of hydrogen-bond donors (Lipinski definition) is 2. The summed E-state index contributed by atoms with van der Waals surface area (Å²) in [5.41, 5.74) is 5.03. The zero-order chi connectivity index (χ0) is 13.9. The molecule has 1 aromatic heterocycles. The molecule has 0 aliphatic rings. The Morgan fingerprint density at radius 2 is 2.06 bits per heavy atom. The Labute approximate surface area is 107 Å². The molecule has 0 radical (unpaired) electrons. The summed E-state index contributed by atoms with van der Waals surface area (Å²) < 4.78 is 4.53. The Bertz CT molecular complexity index is 497. The monoisotopic (exact) mass is 271 g/mol. The zero-order valence-corrected chi connectivity index (χ0v) is 11.0. The second-order valence-electron chi connectivity index (χ2n) is 3.51. The van der Waals surface area contributed by atoms with Crippen LogP contribution in [0, 0.1) is 0 Å². The third-order valence-electron chi connectivity index (χ3n) is 2.09. The Kier molecular flexibility index (Phi) is 4.38. The Hall–Kier alpha value is -1.96. The number of Topliss-reactive ketones (excluding diaryl/α,β-unsaturated/α-hetero) is 1. The van der Waals surface area contributed by atoms with Crippen LogP contribution in [0.4, 0.5) is 5.13 Å². The number of ether oxygens (including phenoxy) is 1. The van der Waals surface area contributed by atoms with E-state index < -0.39 is 17.9 Å². The Balaban J connectivity index is 3.06. The molecule has 0 aromatic carbocycles. The SMILES string of the molecule is COC(=O)c1nc(NC(C)C(N)=O)sc1C(C)=O. The minimum atomic E-state index is -0.698. The molecular formula is C10H13N3O4S. The van der Waals surface area contributed by atoms with Crippen LogP contribution >= 0.6 is 11.3 Å². The van der Waals surface area contributed by atoms with Gasteiger partial charge in [-0.2, -0.15) is 0 Å². The predicted molar refractivity (Wildman–Crippen MR) is 65.7 cm³/mol. The van der Waals surface area contributed by atoms with Crippen LogP contribution in [0.1, 0.15) is 34.0 Å². The van der Waals surface area contributed by atoms with E-state index in [1.54, 1.807) is 6.92 Å². The first-order valence-electron chi connectivity index (χ1n) is 5.02. The van der Waals surface area contributed by atoms with Crippen molar-refractivity contribution in [2.24, 2.45) is 5.73 Å². The maximum Gasteiger partial charge on any atom is 0.358 e. The first-order valence-corrected chi connectivity index (χ1v) is 5.84. The van der Waals surface area contributed by atoms with Crippen LogP contribution in [0.3, 0.4) is 0 Å². The predicted octanol–water partition coefficient (Wildman–Crippen LogP) is 0.418. The summed E-state index contributed by atoms with van der Waals surface area (Å²) in [6, 6.07) is -0.651. The summed E-state index contributed by atoms with van der Waals surface area (Å²) in [6.45, 7) is 2.87. The Morgan fingerprint density at radius 1 is 1.44 bits per heavy atom. The second-order valence-corrected chi connectivity index (χ2v) is 4.51. The van der Waals surface area contributed by atoms with Crippen LogP contribution in [0.15, 0.2) is 0 Å². The van der Waals surface area contributed by atoms with Crippen molar-refractivity contribution in [1.82, 2.24) is 4.98 Å². The summed E-state index contributed by atoms with van der Waals surface area (Å²) in [7, 11) is 1.20. The first kappa shape index (κ1) is 14.1. The average molecular weight is 271 g/mol. The number of hydrogen-bond acceptors (Lipinski definition) is 7. The molecule has 0 bridgehead atoms. The molecule has 18 heavy (non-hydrogen) atoms. The fraction of sp³-hybridized carbons (Fsp3) is 0.400. The van der Waals surface area contributed by atoms with Crippen molar-refractivity contribution in [2.45, 2.75) is 19.9 Å². The summed E-state index contributed by atoms with van der Waals surface area (Å²) in [6.07, 6.45) is 0. The summed E-state index contributed by atoms with van der Waals surface area (Å²) in [5.74, 6) is -1.56. The smallest absolute Gasteiger partial charge is 0.358 e. The van der Waals surface area contributed by atoms with Gasteiger partial charge in [0.15, 0.2) is 16.6 Å². The number of methoxy groups -OCH3 is 1. The van der Waals surface area contributed by atoms with E-state index in [2.05, 4.69) is 15.0 Å². The lowest BCUT2D eigenvalue weighted by atomic mass is 10.3. The van der Waals surface area contributed by atoms with Crippen molar-refractivity contribution in [3.63, 3.8) is 0 Å². The number of carbonyl (C=O) groups excluding carboxylic acids is 3. The van der Waals surface area contributed by atoms with Crippen molar-refractivity contribution < 1.29 is 19.1 Å². The van der Waals surface area contributed by atoms with E-state index in [0.717, 1.165) is 11.3 Å². The van der Waals surface area contributed by atoms with E-state index in [1.807, 2.05) is 0 Å². The molecule has 0 fully saturated rings. The standard InChI is InChI=1S/C10H13N3O4S/c1-4(8(11)15)12-10-13-6(9(16)17-3)7(18-10)5(2)14/h4H,1-3H3,(H2,11,15)(H,12,13). The van der Waals surface area contributed by atoms with Crippen molar-refractivity contribution in [1.29, 1.82) is 0 Å². The number of aromatic nitrogens is 1. The summed E-state index contributed by atoms with van der Waals surface area (Å²) in [5, 5.41) is 2.98. The zero-order valence-electron chi connectivity index (χ0n) is 10.1. The number of nitrogens with zero attached hydrogens (tertiary/aromatic N) is 1. The average Bonchev–Trinajstić information content (AvgIpc) is 2.71. The number of primary amides is 1. The highest BCUT2D eigenvalue weighted by Gasteiger charge is 2.22. The molecule has 98 valence electrons. The van der Waals surface area contributed by atoms with Crippen LogP contribution < -0.4 is 11.1 Å². The number of rotatable bonds is 5. The van der Waals surface area contributed by atoms with Crippen LogP contribution in [0.5, 0.6) is 0 Å². The molecule has 0 aliphatic carbocycles. The summed E-state index contributed by atoms with van der Waals surface area (Å²) >= 11 is 0.977. The summed E-state index contributed by atoms with van der Waals surface area (Å²) in [4.78, 5) is 37.8. The first-order chi connectivity index (χ1) is 8.36. The van der Waals surface area contributed by atoms with Gasteiger partial charge in [0.25, 0.3) is 0 Å². The van der Waals surface area contributed by atoms with E-state index in [0.29, 0.717) is 0 Å². The number of anilines is 1. The third-order valence-corrected chi connectivity index (χ3v) is 3.18. The van der Waals surface area contributed by atoms with Gasteiger partial charge in [0, 0.05) is 6.92 Å². The topological polar surface area (TPSA) is 111 Å². The van der Waals surface area contributed by atoms with E-state index >= 15 is 0 Å². The van der Waals surface area contributed by atoms with Gasteiger partial charge in [0.2, 0.25) is 5.91 Å². The number of thiazole rings is 1. The van der Waals surface area contributed by atoms with Crippen LogP contribution in [0.25, 0.3) is 0 Å². The number of nitrogens with one attached hydrogen (secondary N) is 1. The number of carbonyl (C=O) groups is 3. The minimum absolute atomic E-state index is 0.0610. The highest BCUT2D eigenvalue weighted by molar-refractivity contribution is 7.17. The van der Waals surface area contributed by atoms with Crippen molar-refractivity contribution in [2.75, 3.05) is 12.4 Å². The third kappa shape index (κ3) is 3.04. The molecular weight excluding hydrogens is 258 g/mol. The van der Waals surface area contributed by atoms with Gasteiger partial charge in [0.05, 0.1) is 7.11 Å². The maximum atomic E-state index is 11.4. The van der Waals surface area contributed by atoms with Gasteiger partial charge in [-0.25, -0.2) is 9.78 Å². The quantitative estimate of drug-likeness (QED) is 0.593. The van der Waals surface area contributed by atoms with E-state index in [4.69, 9.17) is 5.73 Å². The van der Waals surface area contributed by atoms with Crippen LogP contribution in [0.2, 0.25) is 0 Å². The normalized spacial score (nSPS) is 11.7.